The number of halogens is 1. The molecule has 0 aliphatic heterocycles. The van der Waals surface area contributed by atoms with Gasteiger partial charge in [-0.15, -0.1) is 0 Å². The Morgan fingerprint density at radius 2 is 2.05 bits per heavy atom. The second-order valence-corrected chi connectivity index (χ2v) is 6.51. The Labute approximate surface area is 128 Å². The second-order valence-electron chi connectivity index (χ2n) is 6.51. The van der Waals surface area contributed by atoms with Gasteiger partial charge in [-0.25, -0.2) is 4.39 Å². The highest BCUT2D eigenvalue weighted by Crippen LogP contribution is 2.42. The number of ether oxygens (including phenoxy) is 1. The first kappa shape index (κ1) is 16.3. The van der Waals surface area contributed by atoms with Crippen molar-refractivity contribution in [1.82, 2.24) is 5.32 Å². The first-order valence-electron chi connectivity index (χ1n) is 8.15. The molecule has 1 aliphatic rings. The van der Waals surface area contributed by atoms with Gasteiger partial charge in [-0.2, -0.15) is 0 Å². The highest BCUT2D eigenvalue weighted by Gasteiger charge is 2.37. The van der Waals surface area contributed by atoms with Crippen molar-refractivity contribution >= 4 is 0 Å². The number of hydrogen-bond acceptors (Lipinski definition) is 2. The zero-order valence-electron chi connectivity index (χ0n) is 13.5. The van der Waals surface area contributed by atoms with Crippen LogP contribution in [0.25, 0.3) is 0 Å². The maximum absolute atomic E-state index is 14.4. The van der Waals surface area contributed by atoms with Gasteiger partial charge in [0.1, 0.15) is 0 Å². The Hall–Kier alpha value is -1.09. The molecule has 1 fully saturated rings. The Morgan fingerprint density at radius 3 is 2.67 bits per heavy atom. The molecule has 1 aromatic carbocycles. The lowest BCUT2D eigenvalue weighted by Gasteiger charge is -2.35. The summed E-state index contributed by atoms with van der Waals surface area (Å²) in [5.41, 5.74) is 1.04. The van der Waals surface area contributed by atoms with E-state index in [0.717, 1.165) is 24.9 Å². The Morgan fingerprint density at radius 1 is 1.33 bits per heavy atom. The summed E-state index contributed by atoms with van der Waals surface area (Å²) >= 11 is 0. The van der Waals surface area contributed by atoms with Gasteiger partial charge < -0.3 is 10.1 Å². The third-order valence-electron chi connectivity index (χ3n) is 4.91. The third-order valence-corrected chi connectivity index (χ3v) is 4.91. The lowest BCUT2D eigenvalue weighted by molar-refractivity contribution is 0.218. The summed E-state index contributed by atoms with van der Waals surface area (Å²) in [6.45, 7) is 5.52. The molecule has 2 rings (SSSR count). The van der Waals surface area contributed by atoms with E-state index >= 15 is 0 Å². The summed E-state index contributed by atoms with van der Waals surface area (Å²) in [5, 5.41) is 3.66. The average Bonchev–Trinajstić information content (AvgIpc) is 2.93. The molecular formula is C18H28FNO. The van der Waals surface area contributed by atoms with Crippen LogP contribution in [-0.4, -0.2) is 19.7 Å². The predicted octanol–water partition coefficient (Wildman–Crippen LogP) is 4.33. The van der Waals surface area contributed by atoms with Gasteiger partial charge in [0.25, 0.3) is 0 Å². The highest BCUT2D eigenvalue weighted by molar-refractivity contribution is 5.31. The normalized spacial score (nSPS) is 18.7. The molecule has 3 heteroatoms. The van der Waals surface area contributed by atoms with E-state index in [9.17, 15) is 4.39 Å². The van der Waals surface area contributed by atoms with Crippen LogP contribution in [0.3, 0.4) is 0 Å². The minimum Gasteiger partial charge on any atom is -0.494 e. The molecule has 0 radical (unpaired) electrons. The molecule has 1 atom stereocenters. The molecule has 21 heavy (non-hydrogen) atoms. The topological polar surface area (TPSA) is 21.3 Å². The van der Waals surface area contributed by atoms with Crippen LogP contribution in [0.2, 0.25) is 0 Å². The van der Waals surface area contributed by atoms with Crippen LogP contribution in [0.15, 0.2) is 18.2 Å². The minimum atomic E-state index is -0.204. The molecule has 0 bridgehead atoms. The molecule has 1 unspecified atom stereocenters. The van der Waals surface area contributed by atoms with Crippen molar-refractivity contribution in [2.24, 2.45) is 5.41 Å². The van der Waals surface area contributed by atoms with Crippen LogP contribution in [0.1, 0.15) is 51.5 Å². The summed E-state index contributed by atoms with van der Waals surface area (Å²) in [6, 6.07) is 5.79. The van der Waals surface area contributed by atoms with Crippen molar-refractivity contribution in [3.05, 3.63) is 29.6 Å². The lowest BCUT2D eigenvalue weighted by atomic mass is 9.77. The predicted molar refractivity (Wildman–Crippen MR) is 85.3 cm³/mol. The lowest BCUT2D eigenvalue weighted by Crippen LogP contribution is -2.44. The van der Waals surface area contributed by atoms with Crippen LogP contribution in [0, 0.1) is 11.2 Å². The summed E-state index contributed by atoms with van der Waals surface area (Å²) in [6.07, 6.45) is 6.90. The third kappa shape index (κ3) is 3.76. The minimum absolute atomic E-state index is 0.204. The van der Waals surface area contributed by atoms with Gasteiger partial charge in [0, 0.05) is 6.04 Å². The molecular weight excluding hydrogens is 265 g/mol. The molecule has 1 saturated carbocycles. The highest BCUT2D eigenvalue weighted by atomic mass is 19.1. The SMILES string of the molecule is CCCNC(Cc1cccc(OC)c1F)C1(C)CCCC1. The summed E-state index contributed by atoms with van der Waals surface area (Å²) in [5.74, 6) is 0.142. The standard InChI is InChI=1S/C18H28FNO/c1-4-12-20-16(18(2)10-5-6-11-18)13-14-8-7-9-15(21-3)17(14)19/h7-9,16,20H,4-6,10-13H2,1-3H3. The fourth-order valence-electron chi connectivity index (χ4n) is 3.51. The van der Waals surface area contributed by atoms with Crippen LogP contribution in [0.5, 0.6) is 5.75 Å². The van der Waals surface area contributed by atoms with Gasteiger partial charge in [0.2, 0.25) is 0 Å². The van der Waals surface area contributed by atoms with Crippen molar-refractivity contribution in [2.45, 2.75) is 58.4 Å². The van der Waals surface area contributed by atoms with Crippen LogP contribution in [0.4, 0.5) is 4.39 Å². The fraction of sp³-hybridized carbons (Fsp3) is 0.667. The number of benzene rings is 1. The quantitative estimate of drug-likeness (QED) is 0.808. The summed E-state index contributed by atoms with van der Waals surface area (Å²) < 4.78 is 19.5. The van der Waals surface area contributed by atoms with E-state index in [4.69, 9.17) is 4.74 Å². The van der Waals surface area contributed by atoms with Gasteiger partial charge >= 0.3 is 0 Å². The van der Waals surface area contributed by atoms with Crippen molar-refractivity contribution in [3.63, 3.8) is 0 Å². The monoisotopic (exact) mass is 293 g/mol. The van der Waals surface area contributed by atoms with Crippen molar-refractivity contribution in [2.75, 3.05) is 13.7 Å². The summed E-state index contributed by atoms with van der Waals surface area (Å²) in [7, 11) is 1.52. The van der Waals surface area contributed by atoms with E-state index in [-0.39, 0.29) is 11.2 Å². The molecule has 1 aliphatic carbocycles. The molecule has 1 aromatic rings. The maximum atomic E-state index is 14.4. The van der Waals surface area contributed by atoms with Gasteiger partial charge in [-0.3, -0.25) is 0 Å². The van der Waals surface area contributed by atoms with Crippen LogP contribution < -0.4 is 10.1 Å². The second kappa shape index (κ2) is 7.26. The first-order valence-corrected chi connectivity index (χ1v) is 8.15. The average molecular weight is 293 g/mol. The van der Waals surface area contributed by atoms with Gasteiger partial charge in [-0.1, -0.05) is 38.8 Å². The number of methoxy groups -OCH3 is 1. The number of nitrogens with one attached hydrogen (secondary N) is 1. The molecule has 0 heterocycles. The van der Waals surface area contributed by atoms with Crippen molar-refractivity contribution in [1.29, 1.82) is 0 Å². The molecule has 118 valence electrons. The Balaban J connectivity index is 2.18. The van der Waals surface area contributed by atoms with Gasteiger partial charge in [-0.05, 0) is 49.3 Å². The number of rotatable bonds is 7. The van der Waals surface area contributed by atoms with E-state index in [0.29, 0.717) is 11.8 Å². The van der Waals surface area contributed by atoms with Gasteiger partial charge in [0.05, 0.1) is 7.11 Å². The molecule has 1 N–H and O–H groups in total. The fourth-order valence-corrected chi connectivity index (χ4v) is 3.51. The summed E-state index contributed by atoms with van der Waals surface area (Å²) in [4.78, 5) is 0. The van der Waals surface area contributed by atoms with Crippen molar-refractivity contribution < 1.29 is 9.13 Å². The van der Waals surface area contributed by atoms with E-state index < -0.39 is 0 Å². The zero-order chi connectivity index (χ0) is 15.3. The van der Waals surface area contributed by atoms with Crippen LogP contribution >= 0.6 is 0 Å². The largest absolute Gasteiger partial charge is 0.494 e. The molecule has 0 amide bonds. The van der Waals surface area contributed by atoms with Crippen LogP contribution in [-0.2, 0) is 6.42 Å². The van der Waals surface area contributed by atoms with E-state index in [1.165, 1.54) is 32.8 Å². The molecule has 2 nitrogen and oxygen atoms in total. The van der Waals surface area contributed by atoms with Crippen molar-refractivity contribution in [3.8, 4) is 5.75 Å². The Kier molecular flexibility index (Phi) is 5.63. The Bertz CT molecular complexity index is 455. The number of hydrogen-bond donors (Lipinski definition) is 1. The smallest absolute Gasteiger partial charge is 0.168 e. The molecule has 0 spiro atoms. The van der Waals surface area contributed by atoms with Gasteiger partial charge in [0.15, 0.2) is 11.6 Å². The van der Waals surface area contributed by atoms with E-state index in [1.807, 2.05) is 12.1 Å². The molecule has 0 saturated heterocycles. The van der Waals surface area contributed by atoms with E-state index in [1.54, 1.807) is 6.07 Å². The van der Waals surface area contributed by atoms with E-state index in [2.05, 4.69) is 19.2 Å². The maximum Gasteiger partial charge on any atom is 0.168 e. The zero-order valence-corrected chi connectivity index (χ0v) is 13.5. The first-order chi connectivity index (χ1) is 10.1. The molecule has 0 aromatic heterocycles.